The highest BCUT2D eigenvalue weighted by molar-refractivity contribution is 6.06. The van der Waals surface area contributed by atoms with Crippen LogP contribution in [0.1, 0.15) is 21.9 Å². The minimum Gasteiger partial charge on any atom is -0.496 e. The molecule has 4 aromatic rings. The second kappa shape index (κ2) is 8.80. The van der Waals surface area contributed by atoms with Gasteiger partial charge in [-0.05, 0) is 31.2 Å². The van der Waals surface area contributed by atoms with Gasteiger partial charge in [0.05, 0.1) is 32.0 Å². The molecule has 0 aliphatic carbocycles. The third-order valence-corrected chi connectivity index (χ3v) is 4.87. The van der Waals surface area contributed by atoms with Crippen LogP contribution in [0.15, 0.2) is 52.9 Å². The first-order valence-corrected chi connectivity index (χ1v) is 9.74. The smallest absolute Gasteiger partial charge is 0.280 e. The molecule has 10 heteroatoms. The first-order chi connectivity index (χ1) is 15.5. The number of nitrogens with zero attached hydrogens (tertiary/aromatic N) is 4. The topological polar surface area (TPSA) is 130 Å². The van der Waals surface area contributed by atoms with Gasteiger partial charge >= 0.3 is 0 Å². The van der Waals surface area contributed by atoms with Crippen molar-refractivity contribution in [1.82, 2.24) is 20.0 Å². The molecule has 164 valence electrons. The van der Waals surface area contributed by atoms with Crippen molar-refractivity contribution in [2.45, 2.75) is 13.5 Å². The molecule has 2 aromatic heterocycles. The van der Waals surface area contributed by atoms with Crippen LogP contribution in [0.25, 0.3) is 11.5 Å². The maximum atomic E-state index is 12.7. The van der Waals surface area contributed by atoms with E-state index < -0.39 is 5.91 Å². The lowest BCUT2D eigenvalue weighted by Gasteiger charge is -2.08. The molecule has 0 unspecified atom stereocenters. The number of aryl methyl sites for hydroxylation is 1. The van der Waals surface area contributed by atoms with Crippen LogP contribution in [0.4, 0.5) is 11.5 Å². The van der Waals surface area contributed by atoms with Gasteiger partial charge in [0, 0.05) is 0 Å². The number of nitrogens with two attached hydrogens (primary N) is 1. The number of hydrogen-bond donors (Lipinski definition) is 2. The van der Waals surface area contributed by atoms with Gasteiger partial charge in [0.15, 0.2) is 11.5 Å². The number of ether oxygens (including phenoxy) is 2. The lowest BCUT2D eigenvalue weighted by molar-refractivity contribution is 0.102. The van der Waals surface area contributed by atoms with E-state index in [2.05, 4.69) is 20.6 Å². The molecule has 0 radical (unpaired) electrons. The molecule has 32 heavy (non-hydrogen) atoms. The molecule has 0 spiro atoms. The van der Waals surface area contributed by atoms with E-state index >= 15 is 0 Å². The van der Waals surface area contributed by atoms with Gasteiger partial charge in [-0.3, -0.25) is 4.79 Å². The van der Waals surface area contributed by atoms with Crippen molar-refractivity contribution in [2.24, 2.45) is 0 Å². The largest absolute Gasteiger partial charge is 0.496 e. The zero-order valence-electron chi connectivity index (χ0n) is 17.8. The molecule has 0 aliphatic rings. The Morgan fingerprint density at radius 1 is 1.09 bits per heavy atom. The van der Waals surface area contributed by atoms with E-state index in [9.17, 15) is 4.79 Å². The number of amides is 1. The Hall–Kier alpha value is -4.34. The van der Waals surface area contributed by atoms with E-state index in [1.165, 1.54) is 11.8 Å². The quantitative estimate of drug-likeness (QED) is 0.454. The summed E-state index contributed by atoms with van der Waals surface area (Å²) < 4.78 is 17.9. The molecule has 0 saturated carbocycles. The number of methoxy groups -OCH3 is 2. The number of carbonyl (C=O) groups is 1. The Balaban J connectivity index is 1.56. The third kappa shape index (κ3) is 3.97. The number of anilines is 2. The highest BCUT2D eigenvalue weighted by atomic mass is 16.5. The van der Waals surface area contributed by atoms with Gasteiger partial charge in [-0.1, -0.05) is 29.5 Å². The van der Waals surface area contributed by atoms with Gasteiger partial charge in [-0.25, -0.2) is 9.67 Å². The average molecular weight is 434 g/mol. The van der Waals surface area contributed by atoms with E-state index in [-0.39, 0.29) is 18.1 Å². The van der Waals surface area contributed by atoms with Crippen molar-refractivity contribution in [3.63, 3.8) is 0 Å². The zero-order valence-corrected chi connectivity index (χ0v) is 17.8. The number of para-hydroxylation sites is 3. The summed E-state index contributed by atoms with van der Waals surface area (Å²) in [6, 6.07) is 14.5. The summed E-state index contributed by atoms with van der Waals surface area (Å²) >= 11 is 0. The van der Waals surface area contributed by atoms with Crippen molar-refractivity contribution < 1.29 is 18.7 Å². The Morgan fingerprint density at radius 3 is 2.53 bits per heavy atom. The average Bonchev–Trinajstić information content (AvgIpc) is 3.36. The van der Waals surface area contributed by atoms with Crippen molar-refractivity contribution in [3.8, 4) is 23.0 Å². The van der Waals surface area contributed by atoms with Crippen molar-refractivity contribution in [1.29, 1.82) is 0 Å². The summed E-state index contributed by atoms with van der Waals surface area (Å²) in [5.74, 6) is 1.80. The predicted molar refractivity (Wildman–Crippen MR) is 118 cm³/mol. The monoisotopic (exact) mass is 434 g/mol. The maximum absolute atomic E-state index is 12.7. The number of aromatic nitrogens is 4. The number of rotatable bonds is 7. The van der Waals surface area contributed by atoms with Gasteiger partial charge in [0.25, 0.3) is 5.91 Å². The van der Waals surface area contributed by atoms with Crippen LogP contribution in [-0.2, 0) is 6.54 Å². The summed E-state index contributed by atoms with van der Waals surface area (Å²) in [6.45, 7) is 1.98. The Bertz CT molecular complexity index is 1260. The van der Waals surface area contributed by atoms with Crippen molar-refractivity contribution in [2.75, 3.05) is 25.3 Å². The molecule has 0 atom stereocenters. The van der Waals surface area contributed by atoms with Crippen molar-refractivity contribution in [3.05, 3.63) is 65.7 Å². The van der Waals surface area contributed by atoms with E-state index in [0.29, 0.717) is 34.5 Å². The van der Waals surface area contributed by atoms with Gasteiger partial charge in [0.2, 0.25) is 5.89 Å². The lowest BCUT2D eigenvalue weighted by Crippen LogP contribution is -2.16. The first kappa shape index (κ1) is 20.9. The fourth-order valence-electron chi connectivity index (χ4n) is 3.18. The fourth-order valence-corrected chi connectivity index (χ4v) is 3.18. The van der Waals surface area contributed by atoms with Gasteiger partial charge in [-0.15, -0.1) is 5.10 Å². The van der Waals surface area contributed by atoms with E-state index in [1.807, 2.05) is 24.3 Å². The molecule has 3 N–H and O–H groups in total. The molecule has 2 heterocycles. The third-order valence-electron chi connectivity index (χ3n) is 4.87. The van der Waals surface area contributed by atoms with E-state index in [4.69, 9.17) is 19.6 Å². The van der Waals surface area contributed by atoms with Crippen LogP contribution >= 0.6 is 0 Å². The Kier molecular flexibility index (Phi) is 5.75. The number of nitrogen functional groups attached to an aromatic ring is 1. The first-order valence-electron chi connectivity index (χ1n) is 9.74. The SMILES string of the molecule is COc1ccccc1NC(=O)c1nnn(Cc2nc(-c3ccccc3OC)oc2C)c1N. The highest BCUT2D eigenvalue weighted by Gasteiger charge is 2.21. The number of benzene rings is 2. The second-order valence-corrected chi connectivity index (χ2v) is 6.86. The molecule has 4 rings (SSSR count). The van der Waals surface area contributed by atoms with Gasteiger partial charge in [-0.2, -0.15) is 0 Å². The lowest BCUT2D eigenvalue weighted by atomic mass is 10.2. The van der Waals surface area contributed by atoms with Crippen LogP contribution in [-0.4, -0.2) is 40.1 Å². The molecule has 2 aromatic carbocycles. The van der Waals surface area contributed by atoms with Crippen LogP contribution in [0.3, 0.4) is 0 Å². The van der Waals surface area contributed by atoms with E-state index in [0.717, 1.165) is 5.56 Å². The maximum Gasteiger partial charge on any atom is 0.280 e. The number of nitrogens with one attached hydrogen (secondary N) is 1. The normalized spacial score (nSPS) is 10.7. The van der Waals surface area contributed by atoms with Crippen LogP contribution in [0, 0.1) is 6.92 Å². The molecular weight excluding hydrogens is 412 g/mol. The summed E-state index contributed by atoms with van der Waals surface area (Å²) in [5, 5.41) is 10.7. The summed E-state index contributed by atoms with van der Waals surface area (Å²) in [7, 11) is 3.11. The molecule has 10 nitrogen and oxygen atoms in total. The van der Waals surface area contributed by atoms with Gasteiger partial charge in [0.1, 0.15) is 23.0 Å². The number of hydrogen-bond acceptors (Lipinski definition) is 8. The van der Waals surface area contributed by atoms with Gasteiger partial charge < -0.3 is 24.9 Å². The molecular formula is C22H22N6O4. The molecule has 1 amide bonds. The molecule has 0 saturated heterocycles. The zero-order chi connectivity index (χ0) is 22.7. The van der Waals surface area contributed by atoms with Crippen LogP contribution in [0.5, 0.6) is 11.5 Å². The van der Waals surface area contributed by atoms with E-state index in [1.54, 1.807) is 38.3 Å². The number of oxazole rings is 1. The minimum atomic E-state index is -0.496. The minimum absolute atomic E-state index is 0.00186. The van der Waals surface area contributed by atoms with Crippen molar-refractivity contribution >= 4 is 17.4 Å². The summed E-state index contributed by atoms with van der Waals surface area (Å²) in [6.07, 6.45) is 0. The Morgan fingerprint density at radius 2 is 1.78 bits per heavy atom. The molecule has 0 aliphatic heterocycles. The second-order valence-electron chi connectivity index (χ2n) is 6.86. The summed E-state index contributed by atoms with van der Waals surface area (Å²) in [4.78, 5) is 17.2. The van der Waals surface area contributed by atoms with Crippen LogP contribution < -0.4 is 20.5 Å². The van der Waals surface area contributed by atoms with Crippen LogP contribution in [0.2, 0.25) is 0 Å². The predicted octanol–water partition coefficient (Wildman–Crippen LogP) is 3.14. The number of carbonyl (C=O) groups excluding carboxylic acids is 1. The Labute approximate surface area is 184 Å². The standard InChI is InChI=1S/C22H22N6O4/c1-13-16(25-22(32-13)14-8-4-6-10-17(14)30-2)12-28-20(23)19(26-27-28)21(29)24-15-9-5-7-11-18(15)31-3/h4-11H,12,23H2,1-3H3,(H,24,29). The highest BCUT2D eigenvalue weighted by Crippen LogP contribution is 2.30. The molecule has 0 fully saturated rings. The fraction of sp³-hybridized carbons (Fsp3) is 0.182. The summed E-state index contributed by atoms with van der Waals surface area (Å²) in [5.41, 5.74) is 8.00. The molecule has 0 bridgehead atoms.